The monoisotopic (exact) mass is 349 g/mol. The molecule has 0 aliphatic carbocycles. The summed E-state index contributed by atoms with van der Waals surface area (Å²) in [5.41, 5.74) is 3.83. The summed E-state index contributed by atoms with van der Waals surface area (Å²) in [5, 5.41) is 21.1. The Morgan fingerprint density at radius 2 is 1.69 bits per heavy atom. The molecule has 0 bridgehead atoms. The van der Waals surface area contributed by atoms with Crippen LogP contribution in [-0.4, -0.2) is 26.1 Å². The average molecular weight is 349 g/mol. The number of phenolic OH excluding ortho intramolecular Hbond substituents is 1. The number of aliphatic hydroxyl groups is 1. The molecule has 132 valence electrons. The van der Waals surface area contributed by atoms with Crippen molar-refractivity contribution in [3.63, 3.8) is 0 Å². The Kier molecular flexibility index (Phi) is 5.24. The van der Waals surface area contributed by atoms with Gasteiger partial charge in [-0.3, -0.25) is 4.79 Å². The molecular formula is C20H19N3O3. The lowest BCUT2D eigenvalue weighted by Crippen LogP contribution is -2.16. The number of nitrogens with one attached hydrogen (secondary N) is 1. The van der Waals surface area contributed by atoms with E-state index in [1.807, 2.05) is 24.3 Å². The van der Waals surface area contributed by atoms with Crippen LogP contribution in [0.5, 0.6) is 5.75 Å². The number of anilines is 1. The summed E-state index contributed by atoms with van der Waals surface area (Å²) in [7, 11) is 0. The van der Waals surface area contributed by atoms with Gasteiger partial charge in [-0.2, -0.15) is 0 Å². The van der Waals surface area contributed by atoms with Crippen molar-refractivity contribution in [2.75, 3.05) is 5.32 Å². The molecule has 3 N–H and O–H groups in total. The van der Waals surface area contributed by atoms with E-state index in [-0.39, 0.29) is 24.7 Å². The van der Waals surface area contributed by atoms with Gasteiger partial charge in [-0.1, -0.05) is 36.4 Å². The zero-order valence-electron chi connectivity index (χ0n) is 14.3. The van der Waals surface area contributed by atoms with Crippen LogP contribution < -0.4 is 5.32 Å². The Morgan fingerprint density at radius 1 is 1.04 bits per heavy atom. The van der Waals surface area contributed by atoms with Gasteiger partial charge in [0.2, 0.25) is 5.91 Å². The third-order valence-corrected chi connectivity index (χ3v) is 3.94. The minimum Gasteiger partial charge on any atom is -0.508 e. The largest absolute Gasteiger partial charge is 0.508 e. The van der Waals surface area contributed by atoms with E-state index in [0.29, 0.717) is 17.2 Å². The second-order valence-electron chi connectivity index (χ2n) is 5.94. The lowest BCUT2D eigenvalue weighted by molar-refractivity contribution is -0.115. The molecule has 0 saturated heterocycles. The maximum Gasteiger partial charge on any atom is 0.229 e. The van der Waals surface area contributed by atoms with Gasteiger partial charge in [-0.15, -0.1) is 0 Å². The Bertz CT molecular complexity index is 907. The summed E-state index contributed by atoms with van der Waals surface area (Å²) < 4.78 is 0. The summed E-state index contributed by atoms with van der Waals surface area (Å²) in [6.45, 7) is 1.78. The molecule has 0 spiro atoms. The van der Waals surface area contributed by atoms with Crippen molar-refractivity contribution in [2.45, 2.75) is 20.0 Å². The second kappa shape index (κ2) is 7.76. The summed E-state index contributed by atoms with van der Waals surface area (Å²) in [5.74, 6) is 0.385. The minimum absolute atomic E-state index is 0.00299. The SMILES string of the molecule is Cc1nc(-c2ccc(CO)cc2)cnc1NC(=O)Cc1ccc(O)cc1. The van der Waals surface area contributed by atoms with Crippen LogP contribution in [0.3, 0.4) is 0 Å². The molecular weight excluding hydrogens is 330 g/mol. The van der Waals surface area contributed by atoms with E-state index in [1.165, 1.54) is 0 Å². The first-order valence-corrected chi connectivity index (χ1v) is 8.17. The Morgan fingerprint density at radius 3 is 2.31 bits per heavy atom. The van der Waals surface area contributed by atoms with E-state index in [4.69, 9.17) is 5.11 Å². The van der Waals surface area contributed by atoms with Crippen LogP contribution in [0.4, 0.5) is 5.82 Å². The quantitative estimate of drug-likeness (QED) is 0.658. The first kappa shape index (κ1) is 17.6. The molecule has 6 heteroatoms. The molecule has 3 rings (SSSR count). The first-order valence-electron chi connectivity index (χ1n) is 8.17. The number of aromatic hydroxyl groups is 1. The maximum atomic E-state index is 12.2. The highest BCUT2D eigenvalue weighted by Crippen LogP contribution is 2.20. The molecule has 0 saturated carbocycles. The third kappa shape index (κ3) is 4.23. The smallest absolute Gasteiger partial charge is 0.229 e. The highest BCUT2D eigenvalue weighted by molar-refractivity contribution is 5.91. The molecule has 0 unspecified atom stereocenters. The molecule has 6 nitrogen and oxygen atoms in total. The average Bonchev–Trinajstić information content (AvgIpc) is 2.65. The number of aryl methyl sites for hydroxylation is 1. The number of carbonyl (C=O) groups excluding carboxylic acids is 1. The van der Waals surface area contributed by atoms with Gasteiger partial charge in [-0.25, -0.2) is 9.97 Å². The molecule has 0 aliphatic heterocycles. The van der Waals surface area contributed by atoms with Crippen LogP contribution in [0, 0.1) is 6.92 Å². The summed E-state index contributed by atoms with van der Waals surface area (Å²) in [6.07, 6.45) is 1.79. The molecule has 1 aromatic heterocycles. The predicted octanol–water partition coefficient (Wildman–Crippen LogP) is 2.83. The van der Waals surface area contributed by atoms with Crippen LogP contribution in [0.1, 0.15) is 16.8 Å². The van der Waals surface area contributed by atoms with E-state index in [1.54, 1.807) is 37.4 Å². The predicted molar refractivity (Wildman–Crippen MR) is 98.6 cm³/mol. The van der Waals surface area contributed by atoms with Crippen LogP contribution in [0.2, 0.25) is 0 Å². The number of nitrogens with zero attached hydrogens (tertiary/aromatic N) is 2. The number of carbonyl (C=O) groups is 1. The van der Waals surface area contributed by atoms with Gasteiger partial charge >= 0.3 is 0 Å². The van der Waals surface area contributed by atoms with Crippen LogP contribution in [-0.2, 0) is 17.8 Å². The second-order valence-corrected chi connectivity index (χ2v) is 5.94. The molecule has 3 aromatic rings. The number of benzene rings is 2. The molecule has 2 aromatic carbocycles. The summed E-state index contributed by atoms with van der Waals surface area (Å²) >= 11 is 0. The van der Waals surface area contributed by atoms with Crippen molar-refractivity contribution < 1.29 is 15.0 Å². The van der Waals surface area contributed by atoms with Gasteiger partial charge in [-0.05, 0) is 30.2 Å². The number of aromatic nitrogens is 2. The molecule has 0 atom stereocenters. The van der Waals surface area contributed by atoms with E-state index < -0.39 is 0 Å². The molecule has 0 aliphatic rings. The fourth-order valence-corrected chi connectivity index (χ4v) is 2.50. The zero-order valence-corrected chi connectivity index (χ0v) is 14.3. The number of amides is 1. The normalized spacial score (nSPS) is 10.5. The number of hydrogen-bond acceptors (Lipinski definition) is 5. The molecule has 26 heavy (non-hydrogen) atoms. The van der Waals surface area contributed by atoms with E-state index in [2.05, 4.69) is 15.3 Å². The van der Waals surface area contributed by atoms with Crippen molar-refractivity contribution in [3.05, 3.63) is 71.5 Å². The third-order valence-electron chi connectivity index (χ3n) is 3.94. The molecule has 0 radical (unpaired) electrons. The Hall–Kier alpha value is -3.25. The topological polar surface area (TPSA) is 95.3 Å². The molecule has 1 heterocycles. The van der Waals surface area contributed by atoms with Gasteiger partial charge in [0.1, 0.15) is 5.75 Å². The van der Waals surface area contributed by atoms with E-state index in [0.717, 1.165) is 16.7 Å². The standard InChI is InChI=1S/C20H19N3O3/c1-13-20(23-19(26)10-14-4-8-17(25)9-5-14)21-11-18(22-13)16-6-2-15(12-24)3-7-16/h2-9,11,24-25H,10,12H2,1H3,(H,21,23,26). The summed E-state index contributed by atoms with van der Waals surface area (Å²) in [6, 6.07) is 13.9. The number of aliphatic hydroxyl groups excluding tert-OH is 1. The first-order chi connectivity index (χ1) is 12.5. The number of phenols is 1. The number of rotatable bonds is 5. The van der Waals surface area contributed by atoms with Gasteiger partial charge < -0.3 is 15.5 Å². The van der Waals surface area contributed by atoms with Crippen molar-refractivity contribution in [1.82, 2.24) is 9.97 Å². The van der Waals surface area contributed by atoms with Gasteiger partial charge in [0.15, 0.2) is 5.82 Å². The van der Waals surface area contributed by atoms with Crippen molar-refractivity contribution >= 4 is 11.7 Å². The Balaban J connectivity index is 1.70. The Labute approximate surface area is 151 Å². The van der Waals surface area contributed by atoms with Crippen LogP contribution >= 0.6 is 0 Å². The van der Waals surface area contributed by atoms with Crippen LogP contribution in [0.25, 0.3) is 11.3 Å². The van der Waals surface area contributed by atoms with Gasteiger partial charge in [0, 0.05) is 5.56 Å². The van der Waals surface area contributed by atoms with Gasteiger partial charge in [0.25, 0.3) is 0 Å². The lowest BCUT2D eigenvalue weighted by Gasteiger charge is -2.09. The summed E-state index contributed by atoms with van der Waals surface area (Å²) in [4.78, 5) is 21.0. The highest BCUT2D eigenvalue weighted by atomic mass is 16.3. The van der Waals surface area contributed by atoms with E-state index >= 15 is 0 Å². The van der Waals surface area contributed by atoms with Crippen molar-refractivity contribution in [3.8, 4) is 17.0 Å². The van der Waals surface area contributed by atoms with Crippen LogP contribution in [0.15, 0.2) is 54.7 Å². The number of hydrogen-bond donors (Lipinski definition) is 3. The van der Waals surface area contributed by atoms with Gasteiger partial charge in [0.05, 0.1) is 30.6 Å². The zero-order chi connectivity index (χ0) is 18.5. The molecule has 1 amide bonds. The maximum absolute atomic E-state index is 12.2. The highest BCUT2D eigenvalue weighted by Gasteiger charge is 2.10. The fraction of sp³-hybridized carbons (Fsp3) is 0.150. The van der Waals surface area contributed by atoms with E-state index in [9.17, 15) is 9.90 Å². The van der Waals surface area contributed by atoms with Crippen molar-refractivity contribution in [2.24, 2.45) is 0 Å². The fourth-order valence-electron chi connectivity index (χ4n) is 2.50. The molecule has 0 fully saturated rings. The van der Waals surface area contributed by atoms with Crippen molar-refractivity contribution in [1.29, 1.82) is 0 Å². The minimum atomic E-state index is -0.201. The lowest BCUT2D eigenvalue weighted by atomic mass is 10.1.